The summed E-state index contributed by atoms with van der Waals surface area (Å²) in [6, 6.07) is 1.63. The average molecular weight is 241 g/mol. The van der Waals surface area contributed by atoms with Crippen molar-refractivity contribution in [1.82, 2.24) is 5.16 Å². The number of carbonyl (C=O) groups is 1. The lowest BCUT2D eigenvalue weighted by Crippen LogP contribution is -2.04. The first-order chi connectivity index (χ1) is 8.27. The van der Waals surface area contributed by atoms with E-state index in [0.717, 1.165) is 32.1 Å². The lowest BCUT2D eigenvalue weighted by atomic mass is 10.1. The molecule has 1 aromatic rings. The van der Waals surface area contributed by atoms with Crippen molar-refractivity contribution in [3.8, 4) is 0 Å². The fraction of sp³-hybridized carbons (Fsp3) is 0.667. The molecule has 1 heterocycles. The van der Waals surface area contributed by atoms with Crippen LogP contribution in [0.2, 0.25) is 0 Å². The van der Waals surface area contributed by atoms with Gasteiger partial charge in [-0.2, -0.15) is 0 Å². The molecule has 96 valence electrons. The van der Waals surface area contributed by atoms with E-state index < -0.39 is 5.97 Å². The smallest absolute Gasteiger partial charge is 0.360 e. The van der Waals surface area contributed by atoms with Gasteiger partial charge in [-0.15, -0.1) is 0 Å². The number of aryl methyl sites for hydroxylation is 1. The van der Waals surface area contributed by atoms with Crippen LogP contribution in [0.4, 0.5) is 0 Å². The Morgan fingerprint density at radius 2 is 2.18 bits per heavy atom. The van der Waals surface area contributed by atoms with Crippen LogP contribution in [0.1, 0.15) is 48.9 Å². The molecule has 0 unspecified atom stereocenters. The molecule has 0 atom stereocenters. The summed E-state index contributed by atoms with van der Waals surface area (Å²) < 4.78 is 9.85. The number of esters is 1. The van der Waals surface area contributed by atoms with Crippen molar-refractivity contribution in [3.63, 3.8) is 0 Å². The summed E-state index contributed by atoms with van der Waals surface area (Å²) in [6.45, 7) is 2.33. The molecule has 5 nitrogen and oxygen atoms in total. The molecule has 0 fully saturated rings. The van der Waals surface area contributed by atoms with Gasteiger partial charge in [0.1, 0.15) is 5.76 Å². The van der Waals surface area contributed by atoms with Crippen LogP contribution in [0.25, 0.3) is 0 Å². The third-order valence-corrected chi connectivity index (χ3v) is 2.37. The molecule has 1 aromatic heterocycles. The van der Waals surface area contributed by atoms with Gasteiger partial charge in [-0.1, -0.05) is 18.0 Å². The van der Waals surface area contributed by atoms with E-state index in [4.69, 9.17) is 14.4 Å². The Hall–Kier alpha value is -1.36. The average Bonchev–Trinajstić information content (AvgIpc) is 2.78. The number of carbonyl (C=O) groups excluding carboxylic acids is 1. The van der Waals surface area contributed by atoms with Crippen LogP contribution in [0.5, 0.6) is 0 Å². The molecule has 17 heavy (non-hydrogen) atoms. The number of rotatable bonds is 8. The van der Waals surface area contributed by atoms with Crippen LogP contribution >= 0.6 is 0 Å². The van der Waals surface area contributed by atoms with Gasteiger partial charge in [-0.05, 0) is 19.8 Å². The minimum atomic E-state index is -0.442. The predicted octanol–water partition coefficient (Wildman–Crippen LogP) is 1.95. The normalized spacial score (nSPS) is 10.5. The summed E-state index contributed by atoms with van der Waals surface area (Å²) in [5.41, 5.74) is 0.234. The SMILES string of the molecule is CCOC(=O)c1cc(CCCCCCO)on1. The molecule has 0 aromatic carbocycles. The summed E-state index contributed by atoms with van der Waals surface area (Å²) in [6.07, 6.45) is 4.62. The van der Waals surface area contributed by atoms with E-state index in [-0.39, 0.29) is 12.3 Å². The Kier molecular flexibility index (Phi) is 6.32. The molecule has 0 radical (unpaired) electrons. The first kappa shape index (κ1) is 13.7. The molecule has 0 aliphatic rings. The largest absolute Gasteiger partial charge is 0.461 e. The van der Waals surface area contributed by atoms with Crippen LogP contribution in [-0.4, -0.2) is 29.4 Å². The topological polar surface area (TPSA) is 72.6 Å². The zero-order valence-corrected chi connectivity index (χ0v) is 10.1. The monoisotopic (exact) mass is 241 g/mol. The molecule has 5 heteroatoms. The highest BCUT2D eigenvalue weighted by molar-refractivity contribution is 5.87. The maximum Gasteiger partial charge on any atom is 0.360 e. The third-order valence-electron chi connectivity index (χ3n) is 2.37. The number of hydrogen-bond acceptors (Lipinski definition) is 5. The van der Waals surface area contributed by atoms with Gasteiger partial charge in [0.2, 0.25) is 0 Å². The number of aliphatic hydroxyl groups excluding tert-OH is 1. The van der Waals surface area contributed by atoms with E-state index in [1.807, 2.05) is 0 Å². The molecular formula is C12H19NO4. The molecule has 0 bridgehead atoms. The van der Waals surface area contributed by atoms with Crippen LogP contribution in [0.15, 0.2) is 10.6 Å². The Bertz CT molecular complexity index is 335. The van der Waals surface area contributed by atoms with Crippen LogP contribution < -0.4 is 0 Å². The fourth-order valence-corrected chi connectivity index (χ4v) is 1.50. The van der Waals surface area contributed by atoms with Gasteiger partial charge in [0.05, 0.1) is 6.61 Å². The highest BCUT2D eigenvalue weighted by Crippen LogP contribution is 2.10. The molecular weight excluding hydrogens is 222 g/mol. The molecule has 0 saturated carbocycles. The van der Waals surface area contributed by atoms with Crippen molar-refractivity contribution in [1.29, 1.82) is 0 Å². The van der Waals surface area contributed by atoms with Crippen molar-refractivity contribution in [3.05, 3.63) is 17.5 Å². The van der Waals surface area contributed by atoms with E-state index in [1.165, 1.54) is 0 Å². The van der Waals surface area contributed by atoms with Gasteiger partial charge >= 0.3 is 5.97 Å². The predicted molar refractivity (Wildman–Crippen MR) is 61.7 cm³/mol. The third kappa shape index (κ3) is 4.99. The first-order valence-corrected chi connectivity index (χ1v) is 6.01. The highest BCUT2D eigenvalue weighted by Gasteiger charge is 2.12. The standard InChI is InChI=1S/C12H19NO4/c1-2-16-12(15)11-9-10(17-13-11)7-5-3-4-6-8-14/h9,14H,2-8H2,1H3. The Morgan fingerprint density at radius 1 is 1.41 bits per heavy atom. The van der Waals surface area contributed by atoms with Crippen molar-refractivity contribution in [2.24, 2.45) is 0 Å². The highest BCUT2D eigenvalue weighted by atomic mass is 16.5. The fourth-order valence-electron chi connectivity index (χ4n) is 1.50. The van der Waals surface area contributed by atoms with E-state index in [0.29, 0.717) is 12.4 Å². The van der Waals surface area contributed by atoms with Gasteiger partial charge in [-0.25, -0.2) is 4.79 Å². The quantitative estimate of drug-likeness (QED) is 0.556. The maximum atomic E-state index is 11.3. The minimum absolute atomic E-state index is 0.234. The van der Waals surface area contributed by atoms with E-state index in [9.17, 15) is 4.79 Å². The maximum absolute atomic E-state index is 11.3. The van der Waals surface area contributed by atoms with E-state index >= 15 is 0 Å². The number of aromatic nitrogens is 1. The van der Waals surface area contributed by atoms with Crippen molar-refractivity contribution in [2.45, 2.75) is 39.0 Å². The Balaban J connectivity index is 2.28. The zero-order chi connectivity index (χ0) is 12.5. The van der Waals surface area contributed by atoms with Crippen LogP contribution in [0, 0.1) is 0 Å². The molecule has 0 aliphatic heterocycles. The molecule has 0 aliphatic carbocycles. The van der Waals surface area contributed by atoms with Crippen molar-refractivity contribution in [2.75, 3.05) is 13.2 Å². The van der Waals surface area contributed by atoms with E-state index in [2.05, 4.69) is 5.16 Å². The summed E-state index contributed by atoms with van der Waals surface area (Å²) in [4.78, 5) is 11.3. The summed E-state index contributed by atoms with van der Waals surface area (Å²) in [5, 5.41) is 12.3. The van der Waals surface area contributed by atoms with Gasteiger partial charge in [0, 0.05) is 19.1 Å². The van der Waals surface area contributed by atoms with E-state index in [1.54, 1.807) is 13.0 Å². The summed E-state index contributed by atoms with van der Waals surface area (Å²) in [5.74, 6) is 0.264. The van der Waals surface area contributed by atoms with Gasteiger partial charge in [0.25, 0.3) is 0 Å². The second-order valence-electron chi connectivity index (χ2n) is 3.79. The molecule has 1 rings (SSSR count). The lowest BCUT2D eigenvalue weighted by molar-refractivity contribution is 0.0514. The van der Waals surface area contributed by atoms with Crippen LogP contribution in [-0.2, 0) is 11.2 Å². The molecule has 0 amide bonds. The number of unbranched alkanes of at least 4 members (excludes halogenated alkanes) is 3. The second-order valence-corrected chi connectivity index (χ2v) is 3.79. The second kappa shape index (κ2) is 7.84. The number of nitrogens with zero attached hydrogens (tertiary/aromatic N) is 1. The summed E-state index contributed by atoms with van der Waals surface area (Å²) >= 11 is 0. The minimum Gasteiger partial charge on any atom is -0.461 e. The van der Waals surface area contributed by atoms with Crippen molar-refractivity contribution >= 4 is 5.97 Å². The first-order valence-electron chi connectivity index (χ1n) is 6.01. The van der Waals surface area contributed by atoms with Gasteiger partial charge < -0.3 is 14.4 Å². The number of aliphatic hydroxyl groups is 1. The van der Waals surface area contributed by atoms with Gasteiger partial charge in [-0.3, -0.25) is 0 Å². The Labute approximate surface area is 101 Å². The van der Waals surface area contributed by atoms with Gasteiger partial charge in [0.15, 0.2) is 5.69 Å². The molecule has 0 saturated heterocycles. The van der Waals surface area contributed by atoms with Crippen molar-refractivity contribution < 1.29 is 19.2 Å². The number of ether oxygens (including phenoxy) is 1. The Morgan fingerprint density at radius 3 is 2.88 bits per heavy atom. The summed E-state index contributed by atoms with van der Waals surface area (Å²) in [7, 11) is 0. The molecule has 0 spiro atoms. The number of hydrogen-bond donors (Lipinski definition) is 1. The molecule has 1 N–H and O–H groups in total. The van der Waals surface area contributed by atoms with Crippen LogP contribution in [0.3, 0.4) is 0 Å². The zero-order valence-electron chi connectivity index (χ0n) is 10.1. The lowest BCUT2D eigenvalue weighted by Gasteiger charge is -1.96.